The van der Waals surface area contributed by atoms with Crippen LogP contribution in [-0.2, 0) is 38.1 Å². The molecule has 2 heterocycles. The summed E-state index contributed by atoms with van der Waals surface area (Å²) in [5.41, 5.74) is -3.75. The first-order valence-corrected chi connectivity index (χ1v) is 18.1. The van der Waals surface area contributed by atoms with Crippen LogP contribution in [0.3, 0.4) is 0 Å². The van der Waals surface area contributed by atoms with Crippen LogP contribution in [0.4, 0.5) is 0 Å². The third-order valence-corrected chi connectivity index (χ3v) is 11.3. The lowest BCUT2D eigenvalue weighted by Gasteiger charge is -2.47. The van der Waals surface area contributed by atoms with Crippen LogP contribution in [-0.4, -0.2) is 136 Å². The lowest BCUT2D eigenvalue weighted by molar-refractivity contribution is -0.297. The van der Waals surface area contributed by atoms with E-state index in [1.165, 1.54) is 7.11 Å². The minimum absolute atomic E-state index is 0.00619. The molecule has 284 valence electrons. The van der Waals surface area contributed by atoms with Gasteiger partial charge in [-0.3, -0.25) is 14.4 Å². The van der Waals surface area contributed by atoms with Crippen molar-refractivity contribution in [2.24, 2.45) is 17.3 Å². The average molecular weight is 699 g/mol. The normalized spacial score (nSPS) is 41.4. The highest BCUT2D eigenvalue weighted by molar-refractivity contribution is 6.04. The number of nitrogens with zero attached hydrogens (tertiary/aromatic N) is 1. The zero-order valence-corrected chi connectivity index (χ0v) is 32.0. The Labute approximate surface area is 294 Å². The number of ketones is 1. The van der Waals surface area contributed by atoms with Gasteiger partial charge in [0.2, 0.25) is 6.41 Å². The Hall–Kier alpha value is -1.71. The van der Waals surface area contributed by atoms with Crippen LogP contribution in [0.15, 0.2) is 0 Å². The smallest absolute Gasteiger partial charge is 0.319 e. The van der Waals surface area contributed by atoms with Gasteiger partial charge in [0.1, 0.15) is 23.2 Å². The van der Waals surface area contributed by atoms with Gasteiger partial charge in [0.25, 0.3) is 0 Å². The Morgan fingerprint density at radius 2 is 1.73 bits per heavy atom. The second kappa shape index (κ2) is 17.2. The molecule has 13 nitrogen and oxygen atoms in total. The molecule has 49 heavy (non-hydrogen) atoms. The fraction of sp³-hybridized carbons (Fsp3) is 0.917. The zero-order valence-electron chi connectivity index (χ0n) is 32.0. The van der Waals surface area contributed by atoms with Gasteiger partial charge in [0.15, 0.2) is 12.1 Å². The summed E-state index contributed by atoms with van der Waals surface area (Å²) in [5, 5.41) is 21.6. The maximum absolute atomic E-state index is 14.5. The van der Waals surface area contributed by atoms with Crippen molar-refractivity contribution >= 4 is 18.2 Å². The lowest BCUT2D eigenvalue weighted by atomic mass is 9.74. The molecular weight excluding hydrogens is 632 g/mol. The molecule has 1 unspecified atom stereocenters. The number of cyclic esters (lactones) is 1. The number of likely N-dealkylation sites (N-methyl/N-ethyl adjacent to an activating group) is 1. The number of methoxy groups -OCH3 is 2. The van der Waals surface area contributed by atoms with E-state index in [1.807, 2.05) is 46.7 Å². The Balaban J connectivity index is 2.07. The van der Waals surface area contributed by atoms with Crippen molar-refractivity contribution in [1.82, 2.24) is 20.9 Å². The van der Waals surface area contributed by atoms with Gasteiger partial charge in [-0.2, -0.15) is 0 Å². The van der Waals surface area contributed by atoms with Crippen molar-refractivity contribution in [2.45, 2.75) is 154 Å². The predicted octanol–water partition coefficient (Wildman–Crippen LogP) is 2.03. The van der Waals surface area contributed by atoms with Gasteiger partial charge in [0, 0.05) is 44.8 Å². The highest BCUT2D eigenvalue weighted by Gasteiger charge is 2.53. The molecule has 1 saturated carbocycles. The molecule has 3 rings (SSSR count). The highest BCUT2D eigenvalue weighted by atomic mass is 16.7. The Kier molecular flexibility index (Phi) is 14.6. The number of Topliss-reactive ketones (excluding diaryl/α,β-unsaturated/α-hetero) is 1. The van der Waals surface area contributed by atoms with Gasteiger partial charge in [-0.15, -0.1) is 0 Å². The number of carbonyl (C=O) groups is 3. The molecule has 2 saturated heterocycles. The molecule has 0 aromatic rings. The minimum Gasteiger partial charge on any atom is -0.458 e. The molecule has 3 fully saturated rings. The first kappa shape index (κ1) is 41.7. The van der Waals surface area contributed by atoms with Crippen molar-refractivity contribution in [2.75, 3.05) is 41.4 Å². The number of carbonyl (C=O) groups excluding carboxylic acids is 3. The summed E-state index contributed by atoms with van der Waals surface area (Å²) in [6, 6.07) is -0.620. The molecule has 1 aliphatic carbocycles. The van der Waals surface area contributed by atoms with Gasteiger partial charge in [0.05, 0.1) is 23.9 Å². The number of hydrogen-bond acceptors (Lipinski definition) is 12. The second-order valence-corrected chi connectivity index (χ2v) is 15.9. The van der Waals surface area contributed by atoms with Crippen molar-refractivity contribution in [3.63, 3.8) is 0 Å². The molecule has 0 radical (unpaired) electrons. The Morgan fingerprint density at radius 1 is 1.08 bits per heavy atom. The number of aliphatic hydroxyl groups is 1. The number of hydrogen-bond donors (Lipinski definition) is 4. The van der Waals surface area contributed by atoms with E-state index < -0.39 is 64.9 Å². The van der Waals surface area contributed by atoms with E-state index in [0.717, 1.165) is 12.8 Å². The fourth-order valence-corrected chi connectivity index (χ4v) is 7.81. The average Bonchev–Trinajstić information content (AvgIpc) is 3.90. The largest absolute Gasteiger partial charge is 0.458 e. The van der Waals surface area contributed by atoms with Crippen molar-refractivity contribution in [1.29, 1.82) is 0 Å². The zero-order chi connectivity index (χ0) is 36.9. The van der Waals surface area contributed by atoms with Crippen LogP contribution < -0.4 is 16.0 Å². The van der Waals surface area contributed by atoms with E-state index >= 15 is 0 Å². The van der Waals surface area contributed by atoms with Crippen molar-refractivity contribution in [3.8, 4) is 0 Å². The van der Waals surface area contributed by atoms with Crippen LogP contribution in [0, 0.1) is 17.3 Å². The topological polar surface area (TPSA) is 157 Å². The molecule has 12 atom stereocenters. The summed E-state index contributed by atoms with van der Waals surface area (Å²) in [4.78, 5) is 42.4. The molecule has 4 N–H and O–H groups in total. The van der Waals surface area contributed by atoms with E-state index in [0.29, 0.717) is 44.8 Å². The van der Waals surface area contributed by atoms with Crippen LogP contribution in [0.1, 0.15) is 87.5 Å². The predicted molar refractivity (Wildman–Crippen MR) is 186 cm³/mol. The summed E-state index contributed by atoms with van der Waals surface area (Å²) in [7, 11) is 6.97. The van der Waals surface area contributed by atoms with Crippen LogP contribution in [0.5, 0.6) is 0 Å². The van der Waals surface area contributed by atoms with Gasteiger partial charge in [-0.1, -0.05) is 20.8 Å². The Morgan fingerprint density at radius 3 is 2.27 bits per heavy atom. The first-order valence-electron chi connectivity index (χ1n) is 18.1. The van der Waals surface area contributed by atoms with Gasteiger partial charge in [-0.25, -0.2) is 0 Å². The summed E-state index contributed by atoms with van der Waals surface area (Å²) in [6.07, 6.45) is 0.418. The number of amides is 1. The lowest BCUT2D eigenvalue weighted by Crippen LogP contribution is -2.65. The number of nitrogens with one attached hydrogen (secondary N) is 3. The summed E-state index contributed by atoms with van der Waals surface area (Å²) in [5.74, 6) is -1.96. The maximum atomic E-state index is 14.5. The van der Waals surface area contributed by atoms with E-state index in [1.54, 1.807) is 27.9 Å². The SMILES string of the molecule is CC[C@H]1OC(=O)C(C)(C)C(=O)[C@H](C)[C@@H](O[C@@H]2O[C@H](CNC3CC3)CC(N(C)C)[C@H]2O)[C@](C)(OC)C[C@@H](C)CN[C@H](C)[C@@H](NC=O)[C@]1(C)OC. The third kappa shape index (κ3) is 9.59. The first-order chi connectivity index (χ1) is 22.9. The molecule has 3 aliphatic rings. The van der Waals surface area contributed by atoms with Crippen LogP contribution in [0.2, 0.25) is 0 Å². The van der Waals surface area contributed by atoms with Crippen LogP contribution >= 0.6 is 0 Å². The molecular formula is C36H66N4O9. The summed E-state index contributed by atoms with van der Waals surface area (Å²) in [6.45, 7) is 15.6. The third-order valence-electron chi connectivity index (χ3n) is 11.3. The van der Waals surface area contributed by atoms with E-state index in [-0.39, 0.29) is 24.1 Å². The molecule has 13 heteroatoms. The van der Waals surface area contributed by atoms with E-state index in [2.05, 4.69) is 22.9 Å². The number of aliphatic hydroxyl groups excluding tert-OH is 1. The molecule has 0 spiro atoms. The molecule has 1 amide bonds. The van der Waals surface area contributed by atoms with Crippen LogP contribution in [0.25, 0.3) is 0 Å². The standard InChI is InChI=1S/C36H66N4O9/c1-13-27-36(8,46-12)29(39-20-41)23(4)37-18-21(2)17-35(7,45-11)31(22(3)30(43)34(5,6)33(44)48-27)49-32-28(42)26(40(9)10)16-25(47-32)19-38-24-14-15-24/h20-29,31-32,37-38,42H,13-19H2,1-12H3,(H,39,41)/t21-,22+,23-,25+,26?,27-,28-,29-,31-,32+,35-,36-/m1/s1. The summed E-state index contributed by atoms with van der Waals surface area (Å²) < 4.78 is 31.6. The Bertz CT molecular complexity index is 1110. The molecule has 2 aliphatic heterocycles. The molecule has 0 aromatic heterocycles. The quantitative estimate of drug-likeness (QED) is 0.142. The van der Waals surface area contributed by atoms with E-state index in [9.17, 15) is 19.5 Å². The minimum atomic E-state index is -1.59. The van der Waals surface area contributed by atoms with Gasteiger partial charge >= 0.3 is 5.97 Å². The number of esters is 1. The highest BCUT2D eigenvalue weighted by Crippen LogP contribution is 2.39. The fourth-order valence-electron chi connectivity index (χ4n) is 7.81. The summed E-state index contributed by atoms with van der Waals surface area (Å²) >= 11 is 0. The van der Waals surface area contributed by atoms with Crippen molar-refractivity contribution < 1.29 is 43.2 Å². The van der Waals surface area contributed by atoms with Gasteiger partial charge < -0.3 is 49.6 Å². The molecule has 0 aromatic carbocycles. The second-order valence-electron chi connectivity index (χ2n) is 15.9. The van der Waals surface area contributed by atoms with Gasteiger partial charge in [-0.05, 0) is 93.3 Å². The monoisotopic (exact) mass is 698 g/mol. The maximum Gasteiger partial charge on any atom is 0.319 e. The van der Waals surface area contributed by atoms with E-state index in [4.69, 9.17) is 23.7 Å². The number of ether oxygens (including phenoxy) is 5. The molecule has 0 bridgehead atoms. The number of rotatable bonds is 11. The van der Waals surface area contributed by atoms with Crippen molar-refractivity contribution in [3.05, 3.63) is 0 Å².